The Labute approximate surface area is 149 Å². The first-order chi connectivity index (χ1) is 11.6. The quantitative estimate of drug-likeness (QED) is 0.651. The van der Waals surface area contributed by atoms with E-state index in [2.05, 4.69) is 5.32 Å². The molecule has 0 atom stereocenters. The minimum atomic E-state index is -0.400. The van der Waals surface area contributed by atoms with Crippen molar-refractivity contribution in [3.8, 4) is 0 Å². The summed E-state index contributed by atoms with van der Waals surface area (Å²) in [4.78, 5) is 25.4. The maximum atomic E-state index is 12.2. The van der Waals surface area contributed by atoms with Gasteiger partial charge in [0, 0.05) is 16.0 Å². The average molecular weight is 362 g/mol. The summed E-state index contributed by atoms with van der Waals surface area (Å²) in [6.07, 6.45) is 5.94. The van der Waals surface area contributed by atoms with Crippen molar-refractivity contribution in [2.24, 2.45) is 0 Å². The van der Waals surface area contributed by atoms with E-state index in [0.29, 0.717) is 15.6 Å². The molecule has 24 heavy (non-hydrogen) atoms. The van der Waals surface area contributed by atoms with Gasteiger partial charge in [-0.05, 0) is 48.6 Å². The Hall–Kier alpha value is -2.11. The Balaban J connectivity index is 1.78. The van der Waals surface area contributed by atoms with Crippen molar-refractivity contribution < 1.29 is 14.3 Å². The normalized spacial score (nSPS) is 13.1. The van der Waals surface area contributed by atoms with Gasteiger partial charge in [0.05, 0.1) is 12.7 Å². The zero-order chi connectivity index (χ0) is 17.1. The maximum Gasteiger partial charge on any atom is 0.341 e. The number of carbonyl (C=O) groups is 2. The summed E-state index contributed by atoms with van der Waals surface area (Å²) in [5, 5.41) is 3.97. The number of esters is 1. The number of hydrogen-bond acceptors (Lipinski definition) is 4. The van der Waals surface area contributed by atoms with E-state index >= 15 is 0 Å². The number of thiophene rings is 1. The molecule has 1 heterocycles. The molecule has 124 valence electrons. The molecule has 1 amide bonds. The monoisotopic (exact) mass is 361 g/mol. The molecular formula is C18H16ClNO3S. The Morgan fingerprint density at radius 3 is 2.92 bits per heavy atom. The lowest BCUT2D eigenvalue weighted by Gasteiger charge is -2.05. The van der Waals surface area contributed by atoms with Crippen LogP contribution in [0.2, 0.25) is 5.02 Å². The Bertz CT molecular complexity index is 826. The molecule has 0 radical (unpaired) electrons. The molecule has 0 saturated carbocycles. The second-order valence-corrected chi connectivity index (χ2v) is 6.97. The maximum absolute atomic E-state index is 12.2. The van der Waals surface area contributed by atoms with Crippen LogP contribution in [-0.4, -0.2) is 19.0 Å². The highest BCUT2D eigenvalue weighted by atomic mass is 35.5. The summed E-state index contributed by atoms with van der Waals surface area (Å²) >= 11 is 7.38. The molecule has 2 aromatic rings. The third-order valence-electron chi connectivity index (χ3n) is 3.82. The van der Waals surface area contributed by atoms with Crippen LogP contribution in [0.5, 0.6) is 0 Å². The standard InChI is InChI=1S/C18H16ClNO3S/c1-23-18(22)16-13-6-3-7-14(13)24-17(16)20-15(21)9-8-11-4-2-5-12(19)10-11/h2,4-5,8-10H,3,6-7H2,1H3,(H,20,21). The second-order valence-electron chi connectivity index (χ2n) is 5.43. The number of amides is 1. The zero-order valence-electron chi connectivity index (χ0n) is 13.1. The number of benzene rings is 1. The fourth-order valence-corrected chi connectivity index (χ4v) is 4.23. The molecule has 6 heteroatoms. The molecule has 1 aliphatic carbocycles. The first-order valence-electron chi connectivity index (χ1n) is 7.56. The van der Waals surface area contributed by atoms with E-state index in [0.717, 1.165) is 35.3 Å². The number of carbonyl (C=O) groups excluding carboxylic acids is 2. The number of halogens is 1. The number of anilines is 1. The number of ether oxygens (including phenoxy) is 1. The Morgan fingerprint density at radius 1 is 1.33 bits per heavy atom. The molecule has 1 N–H and O–H groups in total. The molecule has 1 aromatic carbocycles. The summed E-state index contributed by atoms with van der Waals surface area (Å²) in [6, 6.07) is 7.22. The summed E-state index contributed by atoms with van der Waals surface area (Å²) in [6.45, 7) is 0. The van der Waals surface area contributed by atoms with Gasteiger partial charge in [-0.2, -0.15) is 0 Å². The summed E-state index contributed by atoms with van der Waals surface area (Å²) in [5.41, 5.74) is 2.35. The highest BCUT2D eigenvalue weighted by Crippen LogP contribution is 2.39. The first kappa shape index (κ1) is 16.7. The van der Waals surface area contributed by atoms with Crippen LogP contribution in [0, 0.1) is 0 Å². The van der Waals surface area contributed by atoms with Crippen molar-refractivity contribution in [2.45, 2.75) is 19.3 Å². The largest absolute Gasteiger partial charge is 0.465 e. The highest BCUT2D eigenvalue weighted by molar-refractivity contribution is 7.17. The molecule has 0 spiro atoms. The van der Waals surface area contributed by atoms with Gasteiger partial charge in [-0.15, -0.1) is 11.3 Å². The highest BCUT2D eigenvalue weighted by Gasteiger charge is 2.27. The number of aryl methyl sites for hydroxylation is 1. The number of nitrogens with one attached hydrogen (secondary N) is 1. The van der Waals surface area contributed by atoms with Crippen LogP contribution < -0.4 is 5.32 Å². The van der Waals surface area contributed by atoms with Crippen LogP contribution in [0.3, 0.4) is 0 Å². The van der Waals surface area contributed by atoms with E-state index in [4.69, 9.17) is 16.3 Å². The zero-order valence-corrected chi connectivity index (χ0v) is 14.7. The molecule has 0 fully saturated rings. The van der Waals surface area contributed by atoms with E-state index in [1.165, 1.54) is 24.5 Å². The van der Waals surface area contributed by atoms with Crippen LogP contribution in [0.15, 0.2) is 30.3 Å². The van der Waals surface area contributed by atoms with Crippen molar-refractivity contribution in [2.75, 3.05) is 12.4 Å². The van der Waals surface area contributed by atoms with Crippen molar-refractivity contribution in [3.63, 3.8) is 0 Å². The van der Waals surface area contributed by atoms with Gasteiger partial charge in [0.15, 0.2) is 0 Å². The van der Waals surface area contributed by atoms with E-state index in [1.807, 2.05) is 12.1 Å². The Kier molecular flexibility index (Phi) is 5.02. The van der Waals surface area contributed by atoms with Gasteiger partial charge in [0.1, 0.15) is 5.00 Å². The van der Waals surface area contributed by atoms with E-state index in [1.54, 1.807) is 18.2 Å². The summed E-state index contributed by atoms with van der Waals surface area (Å²) in [7, 11) is 1.35. The minimum absolute atomic E-state index is 0.292. The minimum Gasteiger partial charge on any atom is -0.465 e. The van der Waals surface area contributed by atoms with Crippen molar-refractivity contribution in [1.29, 1.82) is 0 Å². The number of hydrogen-bond donors (Lipinski definition) is 1. The number of rotatable bonds is 4. The lowest BCUT2D eigenvalue weighted by Crippen LogP contribution is -2.12. The fourth-order valence-electron chi connectivity index (χ4n) is 2.75. The first-order valence-corrected chi connectivity index (χ1v) is 8.75. The number of methoxy groups -OCH3 is 1. The lowest BCUT2D eigenvalue weighted by molar-refractivity contribution is -0.111. The lowest BCUT2D eigenvalue weighted by atomic mass is 10.1. The predicted molar refractivity (Wildman–Crippen MR) is 96.8 cm³/mol. The predicted octanol–water partition coefficient (Wildman–Crippen LogP) is 4.33. The smallest absolute Gasteiger partial charge is 0.341 e. The van der Waals surface area contributed by atoms with Crippen LogP contribution in [0.4, 0.5) is 5.00 Å². The van der Waals surface area contributed by atoms with Gasteiger partial charge in [0.2, 0.25) is 5.91 Å². The summed E-state index contributed by atoms with van der Waals surface area (Å²) < 4.78 is 4.87. The van der Waals surface area contributed by atoms with Crippen LogP contribution in [0.25, 0.3) is 6.08 Å². The Morgan fingerprint density at radius 2 is 2.17 bits per heavy atom. The molecule has 0 unspecified atom stereocenters. The molecule has 1 aliphatic rings. The van der Waals surface area contributed by atoms with E-state index in [-0.39, 0.29) is 5.91 Å². The van der Waals surface area contributed by atoms with E-state index < -0.39 is 5.97 Å². The van der Waals surface area contributed by atoms with Crippen molar-refractivity contribution in [3.05, 3.63) is 56.9 Å². The SMILES string of the molecule is COC(=O)c1c(NC(=O)C=Cc2cccc(Cl)c2)sc2c1CCC2. The average Bonchev–Trinajstić information content (AvgIpc) is 3.13. The third-order valence-corrected chi connectivity index (χ3v) is 5.27. The molecular weight excluding hydrogens is 346 g/mol. The van der Waals surface area contributed by atoms with Crippen LogP contribution in [0.1, 0.15) is 32.8 Å². The third kappa shape index (κ3) is 3.52. The summed E-state index contributed by atoms with van der Waals surface area (Å²) in [5.74, 6) is -0.691. The molecule has 3 rings (SSSR count). The fraction of sp³-hybridized carbons (Fsp3) is 0.222. The van der Waals surface area contributed by atoms with Gasteiger partial charge in [-0.1, -0.05) is 23.7 Å². The topological polar surface area (TPSA) is 55.4 Å². The van der Waals surface area contributed by atoms with Gasteiger partial charge < -0.3 is 10.1 Å². The van der Waals surface area contributed by atoms with Crippen LogP contribution >= 0.6 is 22.9 Å². The van der Waals surface area contributed by atoms with E-state index in [9.17, 15) is 9.59 Å². The van der Waals surface area contributed by atoms with Gasteiger partial charge in [-0.25, -0.2) is 4.79 Å². The van der Waals surface area contributed by atoms with Gasteiger partial charge in [-0.3, -0.25) is 4.79 Å². The molecule has 4 nitrogen and oxygen atoms in total. The van der Waals surface area contributed by atoms with Crippen molar-refractivity contribution >= 4 is 45.9 Å². The number of fused-ring (bicyclic) bond motifs is 1. The molecule has 0 bridgehead atoms. The molecule has 0 saturated heterocycles. The second kappa shape index (κ2) is 7.20. The molecule has 0 aliphatic heterocycles. The van der Waals surface area contributed by atoms with Gasteiger partial charge in [0.25, 0.3) is 0 Å². The molecule has 1 aromatic heterocycles. The van der Waals surface area contributed by atoms with Crippen molar-refractivity contribution in [1.82, 2.24) is 0 Å². The van der Waals surface area contributed by atoms with Crippen LogP contribution in [-0.2, 0) is 22.4 Å². The van der Waals surface area contributed by atoms with Gasteiger partial charge >= 0.3 is 5.97 Å².